The van der Waals surface area contributed by atoms with Crippen LogP contribution in [0, 0.1) is 17.0 Å². The van der Waals surface area contributed by atoms with Crippen LogP contribution in [0.1, 0.15) is 71.0 Å². The number of benzene rings is 2. The lowest BCUT2D eigenvalue weighted by Gasteiger charge is -2.24. The van der Waals surface area contributed by atoms with Crippen LogP contribution in [0.5, 0.6) is 11.5 Å². The summed E-state index contributed by atoms with van der Waals surface area (Å²) in [5, 5.41) is 22.3. The van der Waals surface area contributed by atoms with Crippen LogP contribution < -0.4 is 25.8 Å². The molecule has 56 heavy (non-hydrogen) atoms. The summed E-state index contributed by atoms with van der Waals surface area (Å²) in [6.07, 6.45) is 3.24. The van der Waals surface area contributed by atoms with Gasteiger partial charge in [-0.3, -0.25) is 29.7 Å². The van der Waals surface area contributed by atoms with Crippen molar-refractivity contribution in [2.45, 2.75) is 59.7 Å². The molecule has 2 aromatic heterocycles. The second kappa shape index (κ2) is 18.1. The van der Waals surface area contributed by atoms with Crippen LogP contribution in [0.2, 0.25) is 0 Å². The number of anilines is 2. The van der Waals surface area contributed by atoms with Crippen LogP contribution in [0.15, 0.2) is 42.5 Å². The second-order valence-corrected chi connectivity index (χ2v) is 13.5. The van der Waals surface area contributed by atoms with Crippen LogP contribution in [-0.2, 0) is 22.6 Å². The zero-order valence-electron chi connectivity index (χ0n) is 32.6. The van der Waals surface area contributed by atoms with E-state index in [1.165, 1.54) is 37.3 Å². The number of esters is 1. The first kappa shape index (κ1) is 42.1. The summed E-state index contributed by atoms with van der Waals surface area (Å²) in [7, 11) is 4.27. The molecule has 0 fully saturated rings. The Balaban J connectivity index is 1.59. The van der Waals surface area contributed by atoms with Crippen molar-refractivity contribution in [3.63, 3.8) is 0 Å². The number of fused-ring (bicyclic) bond motifs is 1. The van der Waals surface area contributed by atoms with Crippen molar-refractivity contribution in [3.05, 3.63) is 75.1 Å². The zero-order valence-corrected chi connectivity index (χ0v) is 32.6. The van der Waals surface area contributed by atoms with Crippen molar-refractivity contribution >= 4 is 52.2 Å². The first-order chi connectivity index (χ1) is 26.5. The summed E-state index contributed by atoms with van der Waals surface area (Å²) in [4.78, 5) is 67.7. The molecule has 4 aromatic rings. The van der Waals surface area contributed by atoms with Gasteiger partial charge in [0.25, 0.3) is 11.6 Å². The summed E-state index contributed by atoms with van der Waals surface area (Å²) < 4.78 is 25.0. The van der Waals surface area contributed by atoms with Gasteiger partial charge in [0, 0.05) is 44.9 Å². The Labute approximate surface area is 322 Å². The molecule has 0 aliphatic carbocycles. The van der Waals surface area contributed by atoms with Gasteiger partial charge in [0.1, 0.15) is 28.3 Å². The van der Waals surface area contributed by atoms with E-state index < -0.39 is 40.1 Å². The van der Waals surface area contributed by atoms with Crippen LogP contribution in [0.25, 0.3) is 11.0 Å². The average Bonchev–Trinajstić information content (AvgIpc) is 3.70. The largest absolute Gasteiger partial charge is 0.494 e. The number of methoxy groups -OCH3 is 2. The molecule has 0 aliphatic rings. The Morgan fingerprint density at radius 2 is 1.77 bits per heavy atom. The van der Waals surface area contributed by atoms with E-state index in [4.69, 9.17) is 24.7 Å². The van der Waals surface area contributed by atoms with E-state index in [0.29, 0.717) is 41.1 Å². The van der Waals surface area contributed by atoms with Gasteiger partial charge in [-0.25, -0.2) is 14.6 Å². The summed E-state index contributed by atoms with van der Waals surface area (Å²) in [6, 6.07) is 7.05. The predicted octanol–water partition coefficient (Wildman–Crippen LogP) is 4.92. The Kier molecular flexibility index (Phi) is 13.6. The van der Waals surface area contributed by atoms with E-state index >= 15 is 0 Å². The molecule has 19 nitrogen and oxygen atoms in total. The molecule has 2 heterocycles. The van der Waals surface area contributed by atoms with E-state index in [0.717, 1.165) is 6.07 Å². The fraction of sp³-hybridized carbons (Fsp3) is 0.405. The van der Waals surface area contributed by atoms with Crippen molar-refractivity contribution in [2.24, 2.45) is 5.73 Å². The van der Waals surface area contributed by atoms with Crippen LogP contribution in [0.4, 0.5) is 22.1 Å². The normalized spacial score (nSPS) is 11.4. The molecule has 0 atom stereocenters. The number of nitrogens with two attached hydrogens (primary N) is 1. The number of nitro benzene ring substituents is 1. The highest BCUT2D eigenvalue weighted by Gasteiger charge is 2.25. The number of hydrogen-bond acceptors (Lipinski definition) is 13. The molecule has 0 radical (unpaired) electrons. The molecule has 4 rings (SSSR count). The predicted molar refractivity (Wildman–Crippen MR) is 206 cm³/mol. The number of aromatic nitrogens is 4. The molecule has 0 unspecified atom stereocenters. The fourth-order valence-corrected chi connectivity index (χ4v) is 5.55. The molecular formula is C37H47N9O10. The zero-order chi connectivity index (χ0) is 41.3. The SMILES string of the molecule is CCn1nc(C)cc1C(=O)Nc1nc2cc(C(=O)OC)cc(OC)c2n1C/C=C/CNc1c(OCCCN(C)C(=O)OC(C)(C)C)cc(C(N)=O)cc1[N+](=O)[O-]. The highest BCUT2D eigenvalue weighted by atomic mass is 16.6. The number of carbonyl (C=O) groups excluding carboxylic acids is 4. The lowest BCUT2D eigenvalue weighted by molar-refractivity contribution is -0.384. The third-order valence-corrected chi connectivity index (χ3v) is 8.12. The number of carbonyl (C=O) groups is 4. The lowest BCUT2D eigenvalue weighted by atomic mass is 10.1. The molecule has 0 bridgehead atoms. The fourth-order valence-electron chi connectivity index (χ4n) is 5.55. The maximum atomic E-state index is 13.5. The number of primary amides is 1. The van der Waals surface area contributed by atoms with Crippen molar-refractivity contribution in [2.75, 3.05) is 51.6 Å². The molecule has 3 amide bonds. The van der Waals surface area contributed by atoms with E-state index in [1.807, 2.05) is 6.92 Å². The number of allylic oxidation sites excluding steroid dienone is 1. The van der Waals surface area contributed by atoms with Crippen LogP contribution >= 0.6 is 0 Å². The molecule has 0 saturated heterocycles. The minimum Gasteiger partial charge on any atom is -0.494 e. The molecule has 2 aromatic carbocycles. The van der Waals surface area contributed by atoms with E-state index in [-0.39, 0.29) is 54.8 Å². The summed E-state index contributed by atoms with van der Waals surface area (Å²) >= 11 is 0. The average molecular weight is 778 g/mol. The molecule has 0 saturated carbocycles. The highest BCUT2D eigenvalue weighted by molar-refractivity contribution is 6.04. The number of hydrogen-bond donors (Lipinski definition) is 3. The third-order valence-electron chi connectivity index (χ3n) is 8.12. The number of aryl methyl sites for hydroxylation is 2. The van der Waals surface area contributed by atoms with Gasteiger partial charge in [0.15, 0.2) is 5.69 Å². The number of nitro groups is 1. The molecular weight excluding hydrogens is 730 g/mol. The number of imidazole rings is 1. The van der Waals surface area contributed by atoms with E-state index in [1.54, 1.807) is 62.2 Å². The van der Waals surface area contributed by atoms with Gasteiger partial charge < -0.3 is 39.5 Å². The lowest BCUT2D eigenvalue weighted by Crippen LogP contribution is -2.35. The van der Waals surface area contributed by atoms with Gasteiger partial charge in [-0.1, -0.05) is 12.2 Å². The Morgan fingerprint density at radius 1 is 1.05 bits per heavy atom. The topological polar surface area (TPSA) is 237 Å². The molecule has 300 valence electrons. The molecule has 0 aliphatic heterocycles. The highest BCUT2D eigenvalue weighted by Crippen LogP contribution is 2.36. The van der Waals surface area contributed by atoms with Crippen molar-refractivity contribution in [1.29, 1.82) is 0 Å². The quantitative estimate of drug-likeness (QED) is 0.0425. The van der Waals surface area contributed by atoms with Crippen LogP contribution in [-0.4, -0.2) is 99.6 Å². The molecule has 19 heteroatoms. The minimum atomic E-state index is -0.882. The van der Waals surface area contributed by atoms with Crippen molar-refractivity contribution < 1.29 is 43.0 Å². The first-order valence-corrected chi connectivity index (χ1v) is 17.6. The van der Waals surface area contributed by atoms with Crippen LogP contribution in [0.3, 0.4) is 0 Å². The van der Waals surface area contributed by atoms with Gasteiger partial charge >= 0.3 is 12.1 Å². The minimum absolute atomic E-state index is 0.00557. The van der Waals surface area contributed by atoms with Gasteiger partial charge in [-0.2, -0.15) is 5.10 Å². The van der Waals surface area contributed by atoms with Crippen molar-refractivity contribution in [3.8, 4) is 11.5 Å². The summed E-state index contributed by atoms with van der Waals surface area (Å²) in [5.41, 5.74) is 6.24. The maximum absolute atomic E-state index is 13.5. The first-order valence-electron chi connectivity index (χ1n) is 17.6. The maximum Gasteiger partial charge on any atom is 0.410 e. The van der Waals surface area contributed by atoms with Gasteiger partial charge in [0.2, 0.25) is 11.9 Å². The number of rotatable bonds is 17. The Morgan fingerprint density at radius 3 is 2.39 bits per heavy atom. The van der Waals surface area contributed by atoms with E-state index in [9.17, 15) is 29.3 Å². The standard InChI is InChI=1S/C37H47N9O10/c1-9-45-27(17-22(2)42-45)33(48)41-35-40-25-18-24(34(49)54-8)21-29(53-7)31(25)44(35)15-11-10-13-39-30-26(46(51)52)19-23(32(38)47)20-28(30)55-16-12-14-43(6)36(50)56-37(3,4)5/h10-11,17-21,39H,9,12-16H2,1-8H3,(H2,38,47)(H,40,41,48)/b11-10+. The van der Waals surface area contributed by atoms with E-state index in [2.05, 4.69) is 20.7 Å². The second-order valence-electron chi connectivity index (χ2n) is 13.5. The number of amides is 3. The van der Waals surface area contributed by atoms with Gasteiger partial charge in [0.05, 0.1) is 42.5 Å². The monoisotopic (exact) mass is 777 g/mol. The smallest absolute Gasteiger partial charge is 0.410 e. The van der Waals surface area contributed by atoms with Gasteiger partial charge in [-0.05, 0) is 65.3 Å². The summed E-state index contributed by atoms with van der Waals surface area (Å²) in [5.74, 6) is -1.49. The summed E-state index contributed by atoms with van der Waals surface area (Å²) in [6.45, 7) is 9.86. The molecule has 4 N–H and O–H groups in total. The number of ether oxygens (including phenoxy) is 4. The number of nitrogens with zero attached hydrogens (tertiary/aromatic N) is 6. The Bertz CT molecular complexity index is 2150. The third kappa shape index (κ3) is 10.3. The van der Waals surface area contributed by atoms with Crippen molar-refractivity contribution in [1.82, 2.24) is 24.2 Å². The Hall–Kier alpha value is -6.66. The number of nitrogens with one attached hydrogen (secondary N) is 2. The van der Waals surface area contributed by atoms with Gasteiger partial charge in [-0.15, -0.1) is 0 Å². The molecule has 0 spiro atoms.